The molecule has 24 heavy (non-hydrogen) atoms. The number of nitrogens with one attached hydrogen (secondary N) is 2. The zero-order valence-corrected chi connectivity index (χ0v) is 14.5. The van der Waals surface area contributed by atoms with Crippen LogP contribution in [-0.2, 0) is 10.2 Å². The van der Waals surface area contributed by atoms with Crippen LogP contribution >= 0.6 is 0 Å². The van der Waals surface area contributed by atoms with Crippen LogP contribution in [0.5, 0.6) is 0 Å². The maximum atomic E-state index is 12.3. The third-order valence-corrected chi connectivity index (χ3v) is 3.64. The molecule has 1 amide bonds. The van der Waals surface area contributed by atoms with Gasteiger partial charge in [0.05, 0.1) is 5.69 Å². The van der Waals surface area contributed by atoms with Gasteiger partial charge in [0, 0.05) is 6.07 Å². The molecule has 1 aromatic carbocycles. The first-order valence-electron chi connectivity index (χ1n) is 7.82. The number of amides is 1. The van der Waals surface area contributed by atoms with E-state index in [1.807, 2.05) is 49.4 Å². The summed E-state index contributed by atoms with van der Waals surface area (Å²) in [5.74, 6) is 0.128. The Morgan fingerprint density at radius 1 is 1.17 bits per heavy atom. The lowest BCUT2D eigenvalue weighted by molar-refractivity contribution is -0.370. The molecule has 0 radical (unpaired) electrons. The maximum Gasteiger partial charge on any atom is 0.349 e. The van der Waals surface area contributed by atoms with Gasteiger partial charge >= 0.3 is 5.91 Å². The van der Waals surface area contributed by atoms with E-state index in [9.17, 15) is 10.1 Å². The van der Waals surface area contributed by atoms with Gasteiger partial charge < -0.3 is 0 Å². The summed E-state index contributed by atoms with van der Waals surface area (Å²) in [6, 6.07) is 15.3. The molecule has 0 aliphatic rings. The summed E-state index contributed by atoms with van der Waals surface area (Å²) < 4.78 is 0. The number of rotatable bonds is 3. The van der Waals surface area contributed by atoms with Gasteiger partial charge in [0.2, 0.25) is 0 Å². The van der Waals surface area contributed by atoms with Crippen LogP contribution in [-0.4, -0.2) is 5.91 Å². The molecule has 2 aromatic rings. The average Bonchev–Trinajstić information content (AvgIpc) is 2.52. The maximum absolute atomic E-state index is 12.3. The van der Waals surface area contributed by atoms with Crippen molar-refractivity contribution in [3.8, 4) is 6.07 Å². The molecule has 0 aliphatic carbocycles. The number of H-pyrrole nitrogens is 1. The summed E-state index contributed by atoms with van der Waals surface area (Å²) >= 11 is 0. The number of carbonyl (C=O) groups excluding carboxylic acids is 1. The van der Waals surface area contributed by atoms with Crippen LogP contribution in [0.2, 0.25) is 0 Å². The second-order valence-electron chi connectivity index (χ2n) is 6.74. The zero-order valence-electron chi connectivity index (χ0n) is 14.5. The van der Waals surface area contributed by atoms with Crippen molar-refractivity contribution < 1.29 is 9.78 Å². The van der Waals surface area contributed by atoms with Crippen LogP contribution in [0.4, 0.5) is 5.82 Å². The number of nitrogens with zero attached hydrogens (tertiary/aromatic N) is 1. The second-order valence-corrected chi connectivity index (χ2v) is 6.74. The number of hydrogen-bond acceptors (Lipinski definition) is 2. The third-order valence-electron chi connectivity index (χ3n) is 3.64. The van der Waals surface area contributed by atoms with Gasteiger partial charge in [0.1, 0.15) is 11.6 Å². The van der Waals surface area contributed by atoms with Crippen molar-refractivity contribution in [1.29, 1.82) is 5.26 Å². The molecule has 4 nitrogen and oxygen atoms in total. The lowest BCUT2D eigenvalue weighted by Gasteiger charge is -2.18. The Kier molecular flexibility index (Phi) is 5.15. The predicted octanol–water partition coefficient (Wildman–Crippen LogP) is 3.65. The van der Waals surface area contributed by atoms with E-state index in [1.54, 1.807) is 12.1 Å². The summed E-state index contributed by atoms with van der Waals surface area (Å²) in [4.78, 5) is 15.3. The second kappa shape index (κ2) is 7.10. The van der Waals surface area contributed by atoms with E-state index in [-0.39, 0.29) is 11.0 Å². The Balaban J connectivity index is 2.19. The molecule has 1 aromatic heterocycles. The van der Waals surface area contributed by atoms with Crippen molar-refractivity contribution in [3.05, 3.63) is 64.9 Å². The Labute approximate surface area is 142 Å². The van der Waals surface area contributed by atoms with Crippen molar-refractivity contribution in [2.24, 2.45) is 0 Å². The summed E-state index contributed by atoms with van der Waals surface area (Å²) in [7, 11) is 0. The van der Waals surface area contributed by atoms with Gasteiger partial charge in [-0.15, -0.1) is 0 Å². The van der Waals surface area contributed by atoms with Crippen LogP contribution in [0.25, 0.3) is 6.08 Å². The lowest BCUT2D eigenvalue weighted by atomic mass is 9.86. The Morgan fingerprint density at radius 2 is 1.83 bits per heavy atom. The number of aromatic nitrogens is 1. The number of carbonyl (C=O) groups is 1. The third kappa shape index (κ3) is 4.53. The summed E-state index contributed by atoms with van der Waals surface area (Å²) in [5.41, 5.74) is 3.08. The number of hydrogen-bond donors (Lipinski definition) is 1. The lowest BCUT2D eigenvalue weighted by Crippen LogP contribution is -2.21. The van der Waals surface area contributed by atoms with Crippen molar-refractivity contribution in [2.75, 3.05) is 5.32 Å². The van der Waals surface area contributed by atoms with E-state index in [4.69, 9.17) is 0 Å². The van der Waals surface area contributed by atoms with Crippen molar-refractivity contribution >= 4 is 17.8 Å². The van der Waals surface area contributed by atoms with E-state index in [1.165, 1.54) is 5.56 Å². The standard InChI is InChI=1S/C20H21N3O/c1-14-6-5-7-18(22-14)23-19(24)16(13-21)12-15-8-10-17(11-9-15)20(2,3)4/h5-12H,1-4H3,(H,22,23,24)/p+1. The van der Waals surface area contributed by atoms with Crippen LogP contribution < -0.4 is 10.3 Å². The number of benzene rings is 1. The number of nitriles is 1. The monoisotopic (exact) mass is 320 g/mol. The molecule has 1 heterocycles. The van der Waals surface area contributed by atoms with Crippen LogP contribution in [0.3, 0.4) is 0 Å². The number of aromatic amines is 1. The van der Waals surface area contributed by atoms with Gasteiger partial charge in [-0.05, 0) is 35.6 Å². The van der Waals surface area contributed by atoms with Crippen LogP contribution in [0, 0.1) is 18.3 Å². The first kappa shape index (κ1) is 17.4. The molecule has 122 valence electrons. The first-order valence-corrected chi connectivity index (χ1v) is 7.82. The largest absolute Gasteiger partial charge is 0.349 e. The van der Waals surface area contributed by atoms with Crippen LogP contribution in [0.15, 0.2) is 48.0 Å². The predicted molar refractivity (Wildman–Crippen MR) is 95.1 cm³/mol. The number of anilines is 1. The molecule has 0 unspecified atom stereocenters. The Bertz CT molecular complexity index is 806. The molecule has 0 saturated carbocycles. The highest BCUT2D eigenvalue weighted by molar-refractivity contribution is 6.09. The zero-order chi connectivity index (χ0) is 17.7. The highest BCUT2D eigenvalue weighted by Crippen LogP contribution is 2.22. The Morgan fingerprint density at radius 3 is 2.38 bits per heavy atom. The Hall–Kier alpha value is -2.93. The fourth-order valence-electron chi connectivity index (χ4n) is 2.24. The SMILES string of the molecule is Cc1cccc(NC(=O)C(C#N)=Cc2ccc(C(C)(C)C)cc2)[nH+]1. The summed E-state index contributed by atoms with van der Waals surface area (Å²) in [6.07, 6.45) is 1.59. The molecular weight excluding hydrogens is 298 g/mol. The van der Waals surface area contributed by atoms with Crippen molar-refractivity contribution in [2.45, 2.75) is 33.1 Å². The minimum Gasteiger partial charge on any atom is -0.245 e. The van der Waals surface area contributed by atoms with Crippen molar-refractivity contribution in [3.63, 3.8) is 0 Å². The van der Waals surface area contributed by atoms with E-state index in [0.29, 0.717) is 5.82 Å². The van der Waals surface area contributed by atoms with E-state index < -0.39 is 5.91 Å². The van der Waals surface area contributed by atoms with Gasteiger partial charge in [-0.2, -0.15) is 5.26 Å². The molecule has 0 fully saturated rings. The molecule has 2 N–H and O–H groups in total. The molecule has 0 saturated heterocycles. The van der Waals surface area contributed by atoms with Gasteiger partial charge in [-0.3, -0.25) is 0 Å². The quantitative estimate of drug-likeness (QED) is 0.693. The van der Waals surface area contributed by atoms with Crippen LogP contribution in [0.1, 0.15) is 37.6 Å². The van der Waals surface area contributed by atoms with E-state index in [2.05, 4.69) is 31.1 Å². The minimum absolute atomic E-state index is 0.0633. The smallest absolute Gasteiger partial charge is 0.245 e. The number of aryl methyl sites for hydroxylation is 1. The van der Waals surface area contributed by atoms with Crippen molar-refractivity contribution in [1.82, 2.24) is 0 Å². The fraction of sp³-hybridized carbons (Fsp3) is 0.250. The van der Waals surface area contributed by atoms with E-state index in [0.717, 1.165) is 11.3 Å². The first-order chi connectivity index (χ1) is 11.3. The molecule has 0 bridgehead atoms. The highest BCUT2D eigenvalue weighted by atomic mass is 16.1. The van der Waals surface area contributed by atoms with Gasteiger partial charge in [0.15, 0.2) is 0 Å². The fourth-order valence-corrected chi connectivity index (χ4v) is 2.24. The number of pyridine rings is 1. The topological polar surface area (TPSA) is 67.0 Å². The minimum atomic E-state index is -0.431. The molecule has 0 aliphatic heterocycles. The summed E-state index contributed by atoms with van der Waals surface area (Å²) in [5, 5.41) is 12.0. The molecular formula is C20H22N3O+. The van der Waals surface area contributed by atoms with Gasteiger partial charge in [-0.25, -0.2) is 15.1 Å². The van der Waals surface area contributed by atoms with E-state index >= 15 is 0 Å². The average molecular weight is 320 g/mol. The molecule has 0 atom stereocenters. The normalized spacial score (nSPS) is 11.7. The highest BCUT2D eigenvalue weighted by Gasteiger charge is 2.16. The molecule has 2 rings (SSSR count). The van der Waals surface area contributed by atoms with Gasteiger partial charge in [0.25, 0.3) is 5.82 Å². The summed E-state index contributed by atoms with van der Waals surface area (Å²) in [6.45, 7) is 8.33. The van der Waals surface area contributed by atoms with Gasteiger partial charge in [-0.1, -0.05) is 51.1 Å². The molecule has 0 spiro atoms. The molecule has 4 heteroatoms.